The number of anilines is 2. The molecule has 102 valence electrons. The van der Waals surface area contributed by atoms with Crippen molar-refractivity contribution >= 4 is 17.7 Å². The maximum absolute atomic E-state index is 5.45. The van der Waals surface area contributed by atoms with Gasteiger partial charge in [0.25, 0.3) is 0 Å². The summed E-state index contributed by atoms with van der Waals surface area (Å²) in [6, 6.07) is 2.07. The number of nitrogens with two attached hydrogens (primary N) is 1. The van der Waals surface area contributed by atoms with Crippen molar-refractivity contribution in [1.29, 1.82) is 0 Å². The van der Waals surface area contributed by atoms with Gasteiger partial charge in [0.2, 0.25) is 0 Å². The Labute approximate surface area is 112 Å². The van der Waals surface area contributed by atoms with Gasteiger partial charge in [0.05, 0.1) is 13.2 Å². The lowest BCUT2D eigenvalue weighted by Gasteiger charge is -2.33. The number of ether oxygens (including phenoxy) is 1. The highest BCUT2D eigenvalue weighted by Gasteiger charge is 2.20. The molecule has 1 aromatic rings. The summed E-state index contributed by atoms with van der Waals surface area (Å²) in [5.74, 6) is 2.64. The molecule has 3 heterocycles. The lowest BCUT2D eigenvalue weighted by Crippen LogP contribution is -2.39. The first kappa shape index (κ1) is 12.2. The Bertz CT molecular complexity index is 466. The molecule has 19 heavy (non-hydrogen) atoms. The van der Waals surface area contributed by atoms with Crippen molar-refractivity contribution in [2.24, 2.45) is 5.73 Å². The van der Waals surface area contributed by atoms with Gasteiger partial charge in [-0.05, 0) is 18.7 Å². The molecule has 6 heteroatoms. The highest BCUT2D eigenvalue weighted by atomic mass is 16.5. The van der Waals surface area contributed by atoms with Gasteiger partial charge in [0.1, 0.15) is 11.6 Å². The second-order valence-electron chi connectivity index (χ2n) is 4.74. The standard InChI is InChI=1S/C13H19N5O/c14-3-2-11-15-12(17-4-1-5-17)10-13(16-11)18-6-8-19-9-7-18/h2-3,10H,1,4-9,14H2. The van der Waals surface area contributed by atoms with Gasteiger partial charge in [0.15, 0.2) is 5.82 Å². The van der Waals surface area contributed by atoms with Crippen LogP contribution in [0.5, 0.6) is 0 Å². The van der Waals surface area contributed by atoms with Crippen LogP contribution < -0.4 is 15.5 Å². The van der Waals surface area contributed by atoms with E-state index in [9.17, 15) is 0 Å². The maximum Gasteiger partial charge on any atom is 0.158 e. The van der Waals surface area contributed by atoms with Crippen LogP contribution in [0.25, 0.3) is 6.08 Å². The zero-order valence-electron chi connectivity index (χ0n) is 11.0. The topological polar surface area (TPSA) is 67.5 Å². The van der Waals surface area contributed by atoms with Crippen molar-refractivity contribution in [3.05, 3.63) is 18.1 Å². The number of hydrogen-bond acceptors (Lipinski definition) is 6. The van der Waals surface area contributed by atoms with Crippen LogP contribution >= 0.6 is 0 Å². The Hall–Kier alpha value is -1.82. The number of nitrogens with zero attached hydrogens (tertiary/aromatic N) is 4. The minimum absolute atomic E-state index is 0.674. The van der Waals surface area contributed by atoms with Crippen LogP contribution in [0, 0.1) is 0 Å². The third-order valence-corrected chi connectivity index (χ3v) is 3.48. The number of aromatic nitrogens is 2. The predicted octanol–water partition coefficient (Wildman–Crippen LogP) is 0.453. The summed E-state index contributed by atoms with van der Waals surface area (Å²) in [7, 11) is 0. The largest absolute Gasteiger partial charge is 0.404 e. The van der Waals surface area contributed by atoms with Gasteiger partial charge >= 0.3 is 0 Å². The van der Waals surface area contributed by atoms with E-state index in [1.54, 1.807) is 6.08 Å². The van der Waals surface area contributed by atoms with E-state index in [2.05, 4.69) is 25.8 Å². The zero-order chi connectivity index (χ0) is 13.1. The minimum atomic E-state index is 0.674. The van der Waals surface area contributed by atoms with E-state index >= 15 is 0 Å². The fourth-order valence-electron chi connectivity index (χ4n) is 2.26. The minimum Gasteiger partial charge on any atom is -0.404 e. The highest BCUT2D eigenvalue weighted by Crippen LogP contribution is 2.23. The second-order valence-corrected chi connectivity index (χ2v) is 4.74. The smallest absolute Gasteiger partial charge is 0.158 e. The number of hydrogen-bond donors (Lipinski definition) is 1. The van der Waals surface area contributed by atoms with E-state index in [4.69, 9.17) is 10.5 Å². The SMILES string of the molecule is NC=Cc1nc(N2CCC2)cc(N2CCOCC2)n1. The van der Waals surface area contributed by atoms with E-state index in [1.165, 1.54) is 12.6 Å². The third-order valence-electron chi connectivity index (χ3n) is 3.48. The lowest BCUT2D eigenvalue weighted by atomic mass is 10.2. The van der Waals surface area contributed by atoms with E-state index in [-0.39, 0.29) is 0 Å². The molecule has 2 saturated heterocycles. The van der Waals surface area contributed by atoms with Crippen LogP contribution in [0.2, 0.25) is 0 Å². The molecule has 0 unspecified atom stereocenters. The molecular weight excluding hydrogens is 242 g/mol. The quantitative estimate of drug-likeness (QED) is 0.852. The molecule has 0 aromatic carbocycles. The summed E-state index contributed by atoms with van der Waals surface area (Å²) in [5, 5.41) is 0. The van der Waals surface area contributed by atoms with E-state index < -0.39 is 0 Å². The van der Waals surface area contributed by atoms with E-state index in [0.29, 0.717) is 5.82 Å². The average Bonchev–Trinajstić information content (AvgIpc) is 2.38. The molecule has 2 fully saturated rings. The first-order chi connectivity index (χ1) is 9.36. The van der Waals surface area contributed by atoms with Gasteiger partial charge in [-0.25, -0.2) is 9.97 Å². The van der Waals surface area contributed by atoms with Crippen LogP contribution in [-0.2, 0) is 4.74 Å². The maximum atomic E-state index is 5.45. The molecule has 0 aliphatic carbocycles. The molecule has 3 rings (SSSR count). The van der Waals surface area contributed by atoms with Gasteiger partial charge in [-0.2, -0.15) is 0 Å². The molecule has 2 aliphatic heterocycles. The molecule has 0 amide bonds. The molecule has 0 radical (unpaired) electrons. The summed E-state index contributed by atoms with van der Waals surface area (Å²) in [4.78, 5) is 13.6. The monoisotopic (exact) mass is 261 g/mol. The molecule has 0 saturated carbocycles. The average molecular weight is 261 g/mol. The van der Waals surface area contributed by atoms with Gasteiger partial charge in [-0.1, -0.05) is 0 Å². The normalized spacial score (nSPS) is 19.8. The van der Waals surface area contributed by atoms with Crippen molar-refractivity contribution in [3.8, 4) is 0 Å². The molecule has 0 atom stereocenters. The predicted molar refractivity (Wildman–Crippen MR) is 75.1 cm³/mol. The van der Waals surface area contributed by atoms with Crippen molar-refractivity contribution in [2.45, 2.75) is 6.42 Å². The lowest BCUT2D eigenvalue weighted by molar-refractivity contribution is 0.122. The Balaban J connectivity index is 1.90. The van der Waals surface area contributed by atoms with Gasteiger partial charge in [-0.15, -0.1) is 0 Å². The molecular formula is C13H19N5O. The Kier molecular flexibility index (Phi) is 3.50. The van der Waals surface area contributed by atoms with Crippen LogP contribution in [-0.4, -0.2) is 49.4 Å². The van der Waals surface area contributed by atoms with E-state index in [0.717, 1.165) is 51.0 Å². The summed E-state index contributed by atoms with van der Waals surface area (Å²) in [6.07, 6.45) is 4.46. The van der Waals surface area contributed by atoms with Crippen LogP contribution in [0.4, 0.5) is 11.6 Å². The fraction of sp³-hybridized carbons (Fsp3) is 0.538. The summed E-state index contributed by atoms with van der Waals surface area (Å²) < 4.78 is 5.38. The van der Waals surface area contributed by atoms with Gasteiger partial charge in [-0.3, -0.25) is 0 Å². The Morgan fingerprint density at radius 3 is 2.21 bits per heavy atom. The Morgan fingerprint density at radius 2 is 1.68 bits per heavy atom. The molecule has 0 spiro atoms. The molecule has 2 N–H and O–H groups in total. The summed E-state index contributed by atoms with van der Waals surface area (Å²) >= 11 is 0. The van der Waals surface area contributed by atoms with Gasteiger partial charge in [0, 0.05) is 32.2 Å². The molecule has 6 nitrogen and oxygen atoms in total. The fourth-order valence-corrected chi connectivity index (χ4v) is 2.26. The van der Waals surface area contributed by atoms with Crippen LogP contribution in [0.3, 0.4) is 0 Å². The Morgan fingerprint density at radius 1 is 1.05 bits per heavy atom. The highest BCUT2D eigenvalue weighted by molar-refractivity contribution is 5.56. The number of rotatable bonds is 3. The van der Waals surface area contributed by atoms with Gasteiger partial charge < -0.3 is 20.3 Å². The third kappa shape index (κ3) is 2.63. The second kappa shape index (κ2) is 5.44. The van der Waals surface area contributed by atoms with Crippen LogP contribution in [0.1, 0.15) is 12.2 Å². The number of morpholine rings is 1. The molecule has 1 aromatic heterocycles. The first-order valence-corrected chi connectivity index (χ1v) is 6.72. The summed E-state index contributed by atoms with van der Waals surface area (Å²) in [5.41, 5.74) is 5.45. The van der Waals surface area contributed by atoms with Crippen molar-refractivity contribution in [3.63, 3.8) is 0 Å². The van der Waals surface area contributed by atoms with Crippen molar-refractivity contribution in [1.82, 2.24) is 9.97 Å². The van der Waals surface area contributed by atoms with E-state index in [1.807, 2.05) is 0 Å². The summed E-state index contributed by atoms with van der Waals surface area (Å²) in [6.45, 7) is 5.41. The van der Waals surface area contributed by atoms with Crippen molar-refractivity contribution in [2.75, 3.05) is 49.2 Å². The molecule has 0 bridgehead atoms. The van der Waals surface area contributed by atoms with Crippen LogP contribution in [0.15, 0.2) is 12.3 Å². The first-order valence-electron chi connectivity index (χ1n) is 6.72. The zero-order valence-corrected chi connectivity index (χ0v) is 11.0. The molecule has 2 aliphatic rings. The van der Waals surface area contributed by atoms with Crippen molar-refractivity contribution < 1.29 is 4.74 Å².